The van der Waals surface area contributed by atoms with Crippen LogP contribution < -0.4 is 10.6 Å². The molecule has 92 valence electrons. The van der Waals surface area contributed by atoms with Crippen molar-refractivity contribution in [3.05, 3.63) is 65.7 Å². The van der Waals surface area contributed by atoms with Gasteiger partial charge in [0.2, 0.25) is 0 Å². The van der Waals surface area contributed by atoms with Gasteiger partial charge in [0.25, 0.3) is 5.91 Å². The summed E-state index contributed by atoms with van der Waals surface area (Å²) < 4.78 is 0. The highest BCUT2D eigenvalue weighted by atomic mass is 16.1. The van der Waals surface area contributed by atoms with Crippen LogP contribution in [-0.2, 0) is 6.54 Å². The maximum Gasteiger partial charge on any atom is 0.255 e. The lowest BCUT2D eigenvalue weighted by molar-refractivity contribution is 0.102. The van der Waals surface area contributed by atoms with Gasteiger partial charge in [0.1, 0.15) is 0 Å². The summed E-state index contributed by atoms with van der Waals surface area (Å²) in [6.07, 6.45) is 0. The lowest BCUT2D eigenvalue weighted by atomic mass is 10.1. The first-order chi connectivity index (χ1) is 8.79. The van der Waals surface area contributed by atoms with Crippen molar-refractivity contribution in [2.24, 2.45) is 0 Å². The fourth-order valence-electron chi connectivity index (χ4n) is 1.75. The van der Waals surface area contributed by atoms with Gasteiger partial charge in [-0.05, 0) is 36.9 Å². The number of hydrogen-bond acceptors (Lipinski definition) is 2. The minimum atomic E-state index is -0.0841. The number of rotatable bonds is 4. The quantitative estimate of drug-likeness (QED) is 0.862. The van der Waals surface area contributed by atoms with Crippen LogP contribution in [0.15, 0.2) is 54.6 Å². The monoisotopic (exact) mass is 240 g/mol. The van der Waals surface area contributed by atoms with E-state index in [-0.39, 0.29) is 5.91 Å². The summed E-state index contributed by atoms with van der Waals surface area (Å²) in [4.78, 5) is 12.0. The van der Waals surface area contributed by atoms with E-state index in [1.54, 1.807) is 0 Å². The van der Waals surface area contributed by atoms with E-state index in [1.165, 1.54) is 0 Å². The second kappa shape index (κ2) is 5.98. The SMILES string of the molecule is CNCc1cccc(C(=O)Nc2ccccc2)c1. The van der Waals surface area contributed by atoms with E-state index < -0.39 is 0 Å². The van der Waals surface area contributed by atoms with Gasteiger partial charge in [0.05, 0.1) is 0 Å². The Morgan fingerprint density at radius 3 is 2.56 bits per heavy atom. The molecule has 3 nitrogen and oxygen atoms in total. The van der Waals surface area contributed by atoms with Gasteiger partial charge in [-0.2, -0.15) is 0 Å². The number of hydrogen-bond donors (Lipinski definition) is 2. The van der Waals surface area contributed by atoms with E-state index in [9.17, 15) is 4.79 Å². The molecule has 2 aromatic rings. The summed E-state index contributed by atoms with van der Waals surface area (Å²) in [7, 11) is 1.89. The number of para-hydroxylation sites is 1. The third-order valence-corrected chi connectivity index (χ3v) is 2.60. The summed E-state index contributed by atoms with van der Waals surface area (Å²) >= 11 is 0. The smallest absolute Gasteiger partial charge is 0.255 e. The average molecular weight is 240 g/mol. The van der Waals surface area contributed by atoms with Crippen LogP contribution >= 0.6 is 0 Å². The van der Waals surface area contributed by atoms with Crippen molar-refractivity contribution < 1.29 is 4.79 Å². The Labute approximate surface area is 107 Å². The van der Waals surface area contributed by atoms with Crippen LogP contribution in [0.2, 0.25) is 0 Å². The molecule has 2 aromatic carbocycles. The number of benzene rings is 2. The number of nitrogens with one attached hydrogen (secondary N) is 2. The van der Waals surface area contributed by atoms with Gasteiger partial charge >= 0.3 is 0 Å². The molecule has 0 unspecified atom stereocenters. The van der Waals surface area contributed by atoms with Crippen molar-refractivity contribution in [1.29, 1.82) is 0 Å². The molecule has 0 saturated carbocycles. The summed E-state index contributed by atoms with van der Waals surface area (Å²) in [6, 6.07) is 17.1. The molecule has 0 heterocycles. The lowest BCUT2D eigenvalue weighted by Gasteiger charge is -2.06. The molecule has 2 rings (SSSR count). The molecule has 0 spiro atoms. The van der Waals surface area contributed by atoms with Gasteiger partial charge in [0.15, 0.2) is 0 Å². The summed E-state index contributed by atoms with van der Waals surface area (Å²) in [5.74, 6) is -0.0841. The van der Waals surface area contributed by atoms with E-state index in [4.69, 9.17) is 0 Å². The molecule has 0 saturated heterocycles. The van der Waals surface area contributed by atoms with Crippen molar-refractivity contribution in [3.63, 3.8) is 0 Å². The minimum Gasteiger partial charge on any atom is -0.322 e. The lowest BCUT2D eigenvalue weighted by Crippen LogP contribution is -2.13. The van der Waals surface area contributed by atoms with E-state index in [0.29, 0.717) is 5.56 Å². The molecule has 2 N–H and O–H groups in total. The Bertz CT molecular complexity index is 523. The number of anilines is 1. The van der Waals surface area contributed by atoms with Crippen LogP contribution in [0.4, 0.5) is 5.69 Å². The summed E-state index contributed by atoms with van der Waals surface area (Å²) in [6.45, 7) is 0.756. The molecule has 0 fully saturated rings. The third kappa shape index (κ3) is 3.18. The minimum absolute atomic E-state index is 0.0841. The van der Waals surface area contributed by atoms with Gasteiger partial charge in [-0.15, -0.1) is 0 Å². The predicted octanol–water partition coefficient (Wildman–Crippen LogP) is 2.66. The van der Waals surface area contributed by atoms with E-state index in [0.717, 1.165) is 17.8 Å². The Hall–Kier alpha value is -2.13. The fourth-order valence-corrected chi connectivity index (χ4v) is 1.75. The van der Waals surface area contributed by atoms with Crippen LogP contribution in [0, 0.1) is 0 Å². The Balaban J connectivity index is 2.11. The molecule has 0 aliphatic carbocycles. The Morgan fingerprint density at radius 1 is 1.06 bits per heavy atom. The van der Waals surface area contributed by atoms with Crippen molar-refractivity contribution in [3.8, 4) is 0 Å². The summed E-state index contributed by atoms with van der Waals surface area (Å²) in [5, 5.41) is 5.94. The Morgan fingerprint density at radius 2 is 1.83 bits per heavy atom. The molecule has 18 heavy (non-hydrogen) atoms. The summed E-state index contributed by atoms with van der Waals surface area (Å²) in [5.41, 5.74) is 2.58. The normalized spacial score (nSPS) is 10.1. The van der Waals surface area contributed by atoms with Crippen LogP contribution in [0.3, 0.4) is 0 Å². The van der Waals surface area contributed by atoms with Gasteiger partial charge in [-0.25, -0.2) is 0 Å². The second-order valence-corrected chi connectivity index (χ2v) is 4.05. The van der Waals surface area contributed by atoms with Crippen LogP contribution in [0.25, 0.3) is 0 Å². The molecule has 0 aliphatic heterocycles. The highest BCUT2D eigenvalue weighted by Gasteiger charge is 2.06. The van der Waals surface area contributed by atoms with Gasteiger partial charge in [0, 0.05) is 17.8 Å². The van der Waals surface area contributed by atoms with E-state index >= 15 is 0 Å². The highest BCUT2D eigenvalue weighted by molar-refractivity contribution is 6.04. The molecule has 0 radical (unpaired) electrons. The topological polar surface area (TPSA) is 41.1 Å². The number of carbonyl (C=O) groups excluding carboxylic acids is 1. The van der Waals surface area contributed by atoms with Crippen LogP contribution in [0.5, 0.6) is 0 Å². The zero-order valence-corrected chi connectivity index (χ0v) is 10.3. The molecule has 0 atom stereocenters. The first kappa shape index (κ1) is 12.3. The van der Waals surface area contributed by atoms with Gasteiger partial charge in [-0.3, -0.25) is 4.79 Å². The van der Waals surface area contributed by atoms with E-state index in [1.807, 2.05) is 61.6 Å². The van der Waals surface area contributed by atoms with Crippen molar-refractivity contribution in [1.82, 2.24) is 5.32 Å². The van der Waals surface area contributed by atoms with Crippen molar-refractivity contribution >= 4 is 11.6 Å². The van der Waals surface area contributed by atoms with Gasteiger partial charge in [-0.1, -0.05) is 30.3 Å². The number of carbonyl (C=O) groups is 1. The predicted molar refractivity (Wildman–Crippen MR) is 73.6 cm³/mol. The van der Waals surface area contributed by atoms with Crippen LogP contribution in [0.1, 0.15) is 15.9 Å². The zero-order valence-electron chi connectivity index (χ0n) is 10.3. The molecular weight excluding hydrogens is 224 g/mol. The fraction of sp³-hybridized carbons (Fsp3) is 0.133. The third-order valence-electron chi connectivity index (χ3n) is 2.60. The molecule has 0 bridgehead atoms. The average Bonchev–Trinajstić information content (AvgIpc) is 2.40. The second-order valence-electron chi connectivity index (χ2n) is 4.05. The maximum atomic E-state index is 12.0. The maximum absolute atomic E-state index is 12.0. The van der Waals surface area contributed by atoms with E-state index in [2.05, 4.69) is 10.6 Å². The molecule has 3 heteroatoms. The van der Waals surface area contributed by atoms with Crippen LogP contribution in [-0.4, -0.2) is 13.0 Å². The van der Waals surface area contributed by atoms with Gasteiger partial charge < -0.3 is 10.6 Å². The van der Waals surface area contributed by atoms with Crippen molar-refractivity contribution in [2.75, 3.05) is 12.4 Å². The number of amides is 1. The highest BCUT2D eigenvalue weighted by Crippen LogP contribution is 2.10. The Kier molecular flexibility index (Phi) is 4.10. The molecular formula is C15H16N2O. The molecule has 0 aromatic heterocycles. The molecule has 1 amide bonds. The zero-order chi connectivity index (χ0) is 12.8. The van der Waals surface area contributed by atoms with Crippen molar-refractivity contribution in [2.45, 2.75) is 6.54 Å². The molecule has 0 aliphatic rings. The first-order valence-electron chi connectivity index (χ1n) is 5.89. The first-order valence-corrected chi connectivity index (χ1v) is 5.89. The standard InChI is InChI=1S/C15H16N2O/c1-16-11-12-6-5-7-13(10-12)15(18)17-14-8-3-2-4-9-14/h2-10,16H,11H2,1H3,(H,17,18). The largest absolute Gasteiger partial charge is 0.322 e.